The predicted molar refractivity (Wildman–Crippen MR) is 82.8 cm³/mol. The number of carbonyl (C=O) groups excluding carboxylic acids is 1. The summed E-state index contributed by atoms with van der Waals surface area (Å²) in [5, 5.41) is 3.19. The van der Waals surface area contributed by atoms with Crippen LogP contribution in [0.1, 0.15) is 31.2 Å². The first-order valence-electron chi connectivity index (χ1n) is 7.28. The summed E-state index contributed by atoms with van der Waals surface area (Å²) in [6.45, 7) is 0.567. The molecule has 3 N–H and O–H groups in total. The summed E-state index contributed by atoms with van der Waals surface area (Å²) in [5.41, 5.74) is 6.87. The van der Waals surface area contributed by atoms with Crippen molar-refractivity contribution in [2.24, 2.45) is 17.1 Å². The Morgan fingerprint density at radius 1 is 1.30 bits per heavy atom. The number of hydrogen-bond acceptors (Lipinski definition) is 2. The van der Waals surface area contributed by atoms with E-state index in [1.165, 1.54) is 18.4 Å². The number of benzene rings is 1. The molecule has 110 valence electrons. The van der Waals surface area contributed by atoms with Crippen LogP contribution in [0.5, 0.6) is 0 Å². The maximum Gasteiger partial charge on any atom is 0.226 e. The maximum absolute atomic E-state index is 12.5. The first-order valence-corrected chi connectivity index (χ1v) is 7.28. The van der Waals surface area contributed by atoms with E-state index < -0.39 is 0 Å². The predicted octanol–water partition coefficient (Wildman–Crippen LogP) is 2.28. The van der Waals surface area contributed by atoms with Crippen LogP contribution in [-0.4, -0.2) is 18.5 Å². The van der Waals surface area contributed by atoms with E-state index in [-0.39, 0.29) is 29.8 Å². The summed E-state index contributed by atoms with van der Waals surface area (Å²) in [6.07, 6.45) is 5.31. The lowest BCUT2D eigenvalue weighted by Gasteiger charge is -2.21. The number of nitrogens with two attached hydrogens (primary N) is 1. The normalized spacial score (nSPS) is 20.6. The fraction of sp³-hybridized carbons (Fsp3) is 0.562. The summed E-state index contributed by atoms with van der Waals surface area (Å²) in [4.78, 5) is 12.5. The van der Waals surface area contributed by atoms with E-state index in [4.69, 9.17) is 5.73 Å². The second kappa shape index (κ2) is 6.15. The highest BCUT2D eigenvalue weighted by Gasteiger charge is 2.50. The third-order valence-electron chi connectivity index (χ3n) is 4.48. The standard InChI is InChI=1S/C16H22N2O.ClH/c17-11-14(13-6-7-13)18-15(19)16(8-9-16)10-12-4-2-1-3-5-12;/h1-5,13-14H,6-11,17H2,(H,18,19);1H. The van der Waals surface area contributed by atoms with E-state index in [9.17, 15) is 4.79 Å². The molecule has 0 spiro atoms. The Balaban J connectivity index is 0.00000147. The molecular weight excluding hydrogens is 272 g/mol. The van der Waals surface area contributed by atoms with E-state index in [2.05, 4.69) is 17.4 Å². The molecular formula is C16H23ClN2O. The van der Waals surface area contributed by atoms with Gasteiger partial charge in [0.2, 0.25) is 5.91 Å². The second-order valence-corrected chi connectivity index (χ2v) is 6.10. The van der Waals surface area contributed by atoms with Crippen LogP contribution in [0.25, 0.3) is 0 Å². The van der Waals surface area contributed by atoms with Crippen molar-refractivity contribution >= 4 is 18.3 Å². The highest BCUT2D eigenvalue weighted by atomic mass is 35.5. The quantitative estimate of drug-likeness (QED) is 0.846. The molecule has 0 radical (unpaired) electrons. The smallest absolute Gasteiger partial charge is 0.226 e. The minimum absolute atomic E-state index is 0. The molecule has 2 aliphatic rings. The van der Waals surface area contributed by atoms with Gasteiger partial charge in [-0.3, -0.25) is 4.79 Å². The monoisotopic (exact) mass is 294 g/mol. The largest absolute Gasteiger partial charge is 0.351 e. The van der Waals surface area contributed by atoms with Gasteiger partial charge in [-0.25, -0.2) is 0 Å². The molecule has 1 amide bonds. The third kappa shape index (κ3) is 3.33. The summed E-state index contributed by atoms with van der Waals surface area (Å²) in [5.74, 6) is 0.847. The molecule has 2 aliphatic carbocycles. The van der Waals surface area contributed by atoms with Gasteiger partial charge in [-0.2, -0.15) is 0 Å². The molecule has 1 unspecified atom stereocenters. The SMILES string of the molecule is Cl.NCC(NC(=O)C1(Cc2ccccc2)CC1)C1CC1. The highest BCUT2D eigenvalue weighted by molar-refractivity contribution is 5.86. The van der Waals surface area contributed by atoms with Crippen LogP contribution in [0.15, 0.2) is 30.3 Å². The van der Waals surface area contributed by atoms with Gasteiger partial charge in [-0.05, 0) is 43.6 Å². The molecule has 1 aromatic carbocycles. The first-order chi connectivity index (χ1) is 9.23. The van der Waals surface area contributed by atoms with Gasteiger partial charge in [-0.15, -0.1) is 12.4 Å². The molecule has 2 saturated carbocycles. The van der Waals surface area contributed by atoms with Crippen molar-refractivity contribution in [2.45, 2.75) is 38.1 Å². The van der Waals surface area contributed by atoms with Crippen LogP contribution in [0.4, 0.5) is 0 Å². The Kier molecular flexibility index (Phi) is 4.71. The highest BCUT2D eigenvalue weighted by Crippen LogP contribution is 2.49. The Labute approximate surface area is 126 Å². The van der Waals surface area contributed by atoms with Crippen LogP contribution >= 0.6 is 12.4 Å². The van der Waals surface area contributed by atoms with Crippen molar-refractivity contribution < 1.29 is 4.79 Å². The minimum atomic E-state index is -0.149. The van der Waals surface area contributed by atoms with Gasteiger partial charge in [0, 0.05) is 12.6 Å². The van der Waals surface area contributed by atoms with Gasteiger partial charge in [0.05, 0.1) is 5.41 Å². The molecule has 2 fully saturated rings. The summed E-state index contributed by atoms with van der Waals surface area (Å²) in [6, 6.07) is 10.5. The molecule has 4 heteroatoms. The second-order valence-electron chi connectivity index (χ2n) is 6.10. The molecule has 0 bridgehead atoms. The van der Waals surface area contributed by atoms with E-state index in [1.54, 1.807) is 0 Å². The Morgan fingerprint density at radius 3 is 2.45 bits per heavy atom. The maximum atomic E-state index is 12.5. The molecule has 0 aliphatic heterocycles. The van der Waals surface area contributed by atoms with E-state index in [1.807, 2.05) is 18.2 Å². The fourth-order valence-corrected chi connectivity index (χ4v) is 2.81. The van der Waals surface area contributed by atoms with Crippen molar-refractivity contribution in [1.82, 2.24) is 5.32 Å². The van der Waals surface area contributed by atoms with Gasteiger partial charge in [0.25, 0.3) is 0 Å². The topological polar surface area (TPSA) is 55.1 Å². The van der Waals surface area contributed by atoms with Gasteiger partial charge in [0.15, 0.2) is 0 Å². The average Bonchev–Trinajstić information content (AvgIpc) is 3.31. The molecule has 3 rings (SSSR count). The van der Waals surface area contributed by atoms with Crippen molar-refractivity contribution in [3.05, 3.63) is 35.9 Å². The minimum Gasteiger partial charge on any atom is -0.351 e. The average molecular weight is 295 g/mol. The number of carbonyl (C=O) groups is 1. The molecule has 0 heterocycles. The molecule has 1 aromatic rings. The van der Waals surface area contributed by atoms with Gasteiger partial charge >= 0.3 is 0 Å². The van der Waals surface area contributed by atoms with Crippen molar-refractivity contribution in [2.75, 3.05) is 6.54 Å². The summed E-state index contributed by atoms with van der Waals surface area (Å²) >= 11 is 0. The van der Waals surface area contributed by atoms with Crippen LogP contribution in [0.2, 0.25) is 0 Å². The van der Waals surface area contributed by atoms with Gasteiger partial charge in [0.1, 0.15) is 0 Å². The molecule has 0 aromatic heterocycles. The van der Waals surface area contributed by atoms with E-state index in [0.29, 0.717) is 12.5 Å². The van der Waals surface area contributed by atoms with Gasteiger partial charge in [-0.1, -0.05) is 30.3 Å². The Morgan fingerprint density at radius 2 is 1.95 bits per heavy atom. The zero-order chi connectivity index (χ0) is 13.3. The number of rotatable bonds is 6. The number of hydrogen-bond donors (Lipinski definition) is 2. The lowest BCUT2D eigenvalue weighted by Crippen LogP contribution is -2.45. The molecule has 1 atom stereocenters. The first kappa shape index (κ1) is 15.3. The van der Waals surface area contributed by atoms with Crippen molar-refractivity contribution in [3.8, 4) is 0 Å². The van der Waals surface area contributed by atoms with Crippen LogP contribution in [0.3, 0.4) is 0 Å². The summed E-state index contributed by atoms with van der Waals surface area (Å²) in [7, 11) is 0. The van der Waals surface area contributed by atoms with Crippen molar-refractivity contribution in [3.63, 3.8) is 0 Å². The van der Waals surface area contributed by atoms with E-state index in [0.717, 1.165) is 19.3 Å². The van der Waals surface area contributed by atoms with E-state index >= 15 is 0 Å². The number of halogens is 1. The van der Waals surface area contributed by atoms with Crippen molar-refractivity contribution in [1.29, 1.82) is 0 Å². The van der Waals surface area contributed by atoms with Crippen LogP contribution in [0, 0.1) is 11.3 Å². The Hall–Kier alpha value is -1.06. The Bertz CT molecular complexity index is 455. The molecule has 3 nitrogen and oxygen atoms in total. The molecule has 20 heavy (non-hydrogen) atoms. The molecule has 0 saturated heterocycles. The lowest BCUT2D eigenvalue weighted by atomic mass is 9.95. The zero-order valence-electron chi connectivity index (χ0n) is 11.7. The fourth-order valence-electron chi connectivity index (χ4n) is 2.81. The lowest BCUT2D eigenvalue weighted by molar-refractivity contribution is -0.127. The van der Waals surface area contributed by atoms with Crippen LogP contribution < -0.4 is 11.1 Å². The number of amides is 1. The third-order valence-corrected chi connectivity index (χ3v) is 4.48. The zero-order valence-corrected chi connectivity index (χ0v) is 12.5. The number of nitrogens with one attached hydrogen (secondary N) is 1. The van der Waals surface area contributed by atoms with Crippen LogP contribution in [-0.2, 0) is 11.2 Å². The van der Waals surface area contributed by atoms with Gasteiger partial charge < -0.3 is 11.1 Å². The summed E-state index contributed by atoms with van der Waals surface area (Å²) < 4.78 is 0.